The molecule has 1 fully saturated rings. The summed E-state index contributed by atoms with van der Waals surface area (Å²) < 4.78 is 1.16. The molecular formula is C13H19BrN2OS. The van der Waals surface area contributed by atoms with Crippen LogP contribution in [-0.4, -0.2) is 25.0 Å². The topological polar surface area (TPSA) is 41.1 Å². The predicted octanol–water partition coefficient (Wildman–Crippen LogP) is 2.70. The first kappa shape index (κ1) is 14.0. The van der Waals surface area contributed by atoms with Crippen LogP contribution in [0.15, 0.2) is 15.9 Å². The number of amides is 1. The zero-order valence-electron chi connectivity index (χ0n) is 10.4. The van der Waals surface area contributed by atoms with Gasteiger partial charge < -0.3 is 10.6 Å². The van der Waals surface area contributed by atoms with E-state index in [1.165, 1.54) is 17.7 Å². The van der Waals surface area contributed by atoms with E-state index < -0.39 is 0 Å². The van der Waals surface area contributed by atoms with Crippen molar-refractivity contribution in [3.05, 3.63) is 20.8 Å². The van der Waals surface area contributed by atoms with E-state index in [1.54, 1.807) is 11.3 Å². The zero-order valence-corrected chi connectivity index (χ0v) is 12.8. The molecule has 0 saturated heterocycles. The van der Waals surface area contributed by atoms with E-state index in [1.807, 2.05) is 0 Å². The number of carbonyl (C=O) groups is 1. The molecule has 1 aromatic rings. The van der Waals surface area contributed by atoms with Gasteiger partial charge in [-0.3, -0.25) is 4.79 Å². The molecule has 1 aliphatic carbocycles. The molecule has 0 atom stereocenters. The zero-order chi connectivity index (χ0) is 12.8. The van der Waals surface area contributed by atoms with Crippen LogP contribution in [0.25, 0.3) is 0 Å². The van der Waals surface area contributed by atoms with Gasteiger partial charge in [-0.1, -0.05) is 12.8 Å². The lowest BCUT2D eigenvalue weighted by Gasteiger charge is -2.12. The lowest BCUT2D eigenvalue weighted by Crippen LogP contribution is -2.39. The summed E-state index contributed by atoms with van der Waals surface area (Å²) in [5.41, 5.74) is 0. The van der Waals surface area contributed by atoms with Crippen molar-refractivity contribution in [2.24, 2.45) is 0 Å². The summed E-state index contributed by atoms with van der Waals surface area (Å²) in [5, 5.41) is 6.27. The van der Waals surface area contributed by atoms with E-state index in [-0.39, 0.29) is 5.91 Å². The molecule has 0 bridgehead atoms. The molecule has 0 unspecified atom stereocenters. The second kappa shape index (κ2) is 7.26. The summed E-state index contributed by atoms with van der Waals surface area (Å²) in [4.78, 5) is 13.0. The summed E-state index contributed by atoms with van der Waals surface area (Å²) in [7, 11) is 0. The fourth-order valence-corrected chi connectivity index (χ4v) is 3.73. The quantitative estimate of drug-likeness (QED) is 0.787. The van der Waals surface area contributed by atoms with Crippen LogP contribution in [0.3, 0.4) is 0 Å². The molecule has 100 valence electrons. The summed E-state index contributed by atoms with van der Waals surface area (Å²) in [6, 6.07) is 4.61. The highest BCUT2D eigenvalue weighted by Crippen LogP contribution is 2.22. The average Bonchev–Trinajstić information content (AvgIpc) is 2.96. The van der Waals surface area contributed by atoms with Gasteiger partial charge in [-0.05, 0) is 47.3 Å². The molecule has 0 radical (unpaired) electrons. The van der Waals surface area contributed by atoms with Crippen molar-refractivity contribution in [1.82, 2.24) is 10.6 Å². The number of hydrogen-bond acceptors (Lipinski definition) is 3. The fourth-order valence-electron chi connectivity index (χ4n) is 2.25. The molecule has 1 amide bonds. The monoisotopic (exact) mass is 330 g/mol. The molecule has 1 heterocycles. The van der Waals surface area contributed by atoms with Gasteiger partial charge in [0.25, 0.3) is 0 Å². The first-order valence-electron chi connectivity index (χ1n) is 6.48. The van der Waals surface area contributed by atoms with Crippen LogP contribution in [0.4, 0.5) is 0 Å². The van der Waals surface area contributed by atoms with Crippen molar-refractivity contribution < 1.29 is 4.79 Å². The molecule has 3 nitrogen and oxygen atoms in total. The third-order valence-corrected chi connectivity index (χ3v) is 4.87. The normalized spacial score (nSPS) is 16.1. The summed E-state index contributed by atoms with van der Waals surface area (Å²) in [6.45, 7) is 1.29. The first-order chi connectivity index (χ1) is 8.74. The molecule has 0 aliphatic heterocycles. The molecule has 0 spiro atoms. The Labute approximate surface area is 120 Å². The second-order valence-corrected chi connectivity index (χ2v) is 7.23. The molecule has 1 aliphatic rings. The highest BCUT2D eigenvalue weighted by atomic mass is 79.9. The minimum atomic E-state index is 0.134. The van der Waals surface area contributed by atoms with Gasteiger partial charge in [0, 0.05) is 17.5 Å². The average molecular weight is 331 g/mol. The van der Waals surface area contributed by atoms with Gasteiger partial charge in [0.1, 0.15) is 0 Å². The van der Waals surface area contributed by atoms with Gasteiger partial charge in [-0.25, -0.2) is 0 Å². The number of thiophene rings is 1. The molecule has 0 aromatic carbocycles. The van der Waals surface area contributed by atoms with Crippen molar-refractivity contribution >= 4 is 33.2 Å². The maximum Gasteiger partial charge on any atom is 0.234 e. The van der Waals surface area contributed by atoms with Gasteiger partial charge in [-0.2, -0.15) is 0 Å². The highest BCUT2D eigenvalue weighted by Gasteiger charge is 2.16. The number of carbonyl (C=O) groups excluding carboxylic acids is 1. The van der Waals surface area contributed by atoms with E-state index in [2.05, 4.69) is 38.7 Å². The van der Waals surface area contributed by atoms with Gasteiger partial charge >= 0.3 is 0 Å². The molecule has 1 saturated carbocycles. The maximum atomic E-state index is 11.6. The predicted molar refractivity (Wildman–Crippen MR) is 79.0 cm³/mol. The number of halogens is 1. The highest BCUT2D eigenvalue weighted by molar-refractivity contribution is 9.11. The largest absolute Gasteiger partial charge is 0.352 e. The number of rotatable bonds is 6. The Hall–Kier alpha value is -0.390. The lowest BCUT2D eigenvalue weighted by atomic mass is 10.2. The fraction of sp³-hybridized carbons (Fsp3) is 0.615. The molecule has 5 heteroatoms. The van der Waals surface area contributed by atoms with Crippen molar-refractivity contribution in [2.45, 2.75) is 38.1 Å². The van der Waals surface area contributed by atoms with Crippen molar-refractivity contribution in [1.29, 1.82) is 0 Å². The van der Waals surface area contributed by atoms with E-state index in [0.29, 0.717) is 12.6 Å². The Kier molecular flexibility index (Phi) is 5.66. The minimum Gasteiger partial charge on any atom is -0.352 e. The van der Waals surface area contributed by atoms with Gasteiger partial charge in [0.2, 0.25) is 5.91 Å². The minimum absolute atomic E-state index is 0.134. The summed E-state index contributed by atoms with van der Waals surface area (Å²) in [5.74, 6) is 0.134. The van der Waals surface area contributed by atoms with Crippen molar-refractivity contribution in [3.63, 3.8) is 0 Å². The van der Waals surface area contributed by atoms with Gasteiger partial charge in [-0.15, -0.1) is 11.3 Å². The van der Waals surface area contributed by atoms with Crippen LogP contribution in [0.2, 0.25) is 0 Å². The first-order valence-corrected chi connectivity index (χ1v) is 8.09. The van der Waals surface area contributed by atoms with Gasteiger partial charge in [0.15, 0.2) is 0 Å². The molecule has 18 heavy (non-hydrogen) atoms. The molecule has 2 rings (SSSR count). The second-order valence-electron chi connectivity index (χ2n) is 4.68. The lowest BCUT2D eigenvalue weighted by molar-refractivity contribution is -0.120. The van der Waals surface area contributed by atoms with Crippen molar-refractivity contribution in [2.75, 3.05) is 13.1 Å². The molecule has 2 N–H and O–H groups in total. The number of nitrogens with one attached hydrogen (secondary N) is 2. The Bertz CT molecular complexity index is 388. The SMILES string of the molecule is O=C(CNCCc1ccc(Br)s1)NC1CCCC1. The van der Waals surface area contributed by atoms with E-state index in [9.17, 15) is 4.79 Å². The standard InChI is InChI=1S/C13H19BrN2OS/c14-12-6-5-11(18-12)7-8-15-9-13(17)16-10-3-1-2-4-10/h5-6,10,15H,1-4,7-9H2,(H,16,17). The van der Waals surface area contributed by atoms with Crippen LogP contribution < -0.4 is 10.6 Å². The Morgan fingerprint density at radius 3 is 2.83 bits per heavy atom. The Morgan fingerprint density at radius 2 is 2.17 bits per heavy atom. The van der Waals surface area contributed by atoms with Crippen LogP contribution in [0, 0.1) is 0 Å². The third kappa shape index (κ3) is 4.71. The summed E-state index contributed by atoms with van der Waals surface area (Å²) in [6.07, 6.45) is 5.79. The molecular weight excluding hydrogens is 312 g/mol. The van der Waals surface area contributed by atoms with E-state index in [4.69, 9.17) is 0 Å². The van der Waals surface area contributed by atoms with Crippen LogP contribution in [-0.2, 0) is 11.2 Å². The molecule has 1 aromatic heterocycles. The van der Waals surface area contributed by atoms with E-state index >= 15 is 0 Å². The summed E-state index contributed by atoms with van der Waals surface area (Å²) >= 11 is 5.20. The number of hydrogen-bond donors (Lipinski definition) is 2. The van der Waals surface area contributed by atoms with Crippen LogP contribution >= 0.6 is 27.3 Å². The van der Waals surface area contributed by atoms with E-state index in [0.717, 1.165) is 29.6 Å². The Balaban J connectivity index is 1.56. The van der Waals surface area contributed by atoms with Gasteiger partial charge in [0.05, 0.1) is 10.3 Å². The third-order valence-electron chi connectivity index (χ3n) is 3.18. The van der Waals surface area contributed by atoms with Crippen LogP contribution in [0.1, 0.15) is 30.6 Å². The smallest absolute Gasteiger partial charge is 0.234 e. The van der Waals surface area contributed by atoms with Crippen LogP contribution in [0.5, 0.6) is 0 Å². The Morgan fingerprint density at radius 1 is 1.39 bits per heavy atom. The van der Waals surface area contributed by atoms with Crippen molar-refractivity contribution in [3.8, 4) is 0 Å². The maximum absolute atomic E-state index is 11.6.